The standard InChI is InChI=1S/C3H5ClO.C2H2O3/c1-2-3(4)5-2;3-1-5-2-4/h2-3H,1H3;1-2H. The highest BCUT2D eigenvalue weighted by molar-refractivity contribution is 6.21. The molecule has 0 aromatic heterocycles. The van der Waals surface area contributed by atoms with Crippen molar-refractivity contribution in [2.45, 2.75) is 18.6 Å². The molecule has 0 amide bonds. The van der Waals surface area contributed by atoms with Gasteiger partial charge < -0.3 is 9.47 Å². The Hall–Kier alpha value is -0.610. The van der Waals surface area contributed by atoms with Gasteiger partial charge in [0.25, 0.3) is 0 Å². The fourth-order valence-electron chi connectivity index (χ4n) is 0.182. The summed E-state index contributed by atoms with van der Waals surface area (Å²) in [6.07, 6.45) is 0.316. The van der Waals surface area contributed by atoms with E-state index >= 15 is 0 Å². The summed E-state index contributed by atoms with van der Waals surface area (Å²) < 4.78 is 8.15. The van der Waals surface area contributed by atoms with E-state index in [1.165, 1.54) is 0 Å². The molecule has 0 bridgehead atoms. The summed E-state index contributed by atoms with van der Waals surface area (Å²) in [5.74, 6) is 0. The second-order valence-corrected chi connectivity index (χ2v) is 1.95. The number of ether oxygens (including phenoxy) is 2. The fourth-order valence-corrected chi connectivity index (χ4v) is 0.345. The average molecular weight is 167 g/mol. The van der Waals surface area contributed by atoms with E-state index in [1.54, 1.807) is 0 Å². The van der Waals surface area contributed by atoms with E-state index in [0.29, 0.717) is 6.10 Å². The number of hydrogen-bond acceptors (Lipinski definition) is 4. The molecule has 1 saturated heterocycles. The number of hydrogen-bond donors (Lipinski definition) is 0. The topological polar surface area (TPSA) is 55.9 Å². The van der Waals surface area contributed by atoms with Crippen LogP contribution in [0.1, 0.15) is 6.92 Å². The second-order valence-electron chi connectivity index (χ2n) is 1.52. The molecule has 0 aliphatic carbocycles. The minimum Gasteiger partial charge on any atom is -0.398 e. The Balaban J connectivity index is 0.000000162. The van der Waals surface area contributed by atoms with Crippen LogP contribution in [0.15, 0.2) is 0 Å². The summed E-state index contributed by atoms with van der Waals surface area (Å²) in [5.41, 5.74) is 0.0231. The van der Waals surface area contributed by atoms with E-state index in [2.05, 4.69) is 9.47 Å². The average Bonchev–Trinajstić information content (AvgIpc) is 2.49. The first-order valence-corrected chi connectivity index (χ1v) is 2.98. The van der Waals surface area contributed by atoms with Gasteiger partial charge in [-0.05, 0) is 6.92 Å². The first kappa shape index (κ1) is 9.39. The number of carbonyl (C=O) groups is 2. The van der Waals surface area contributed by atoms with E-state index in [-0.39, 0.29) is 18.5 Å². The molecule has 4 nitrogen and oxygen atoms in total. The van der Waals surface area contributed by atoms with Crippen LogP contribution >= 0.6 is 11.6 Å². The van der Waals surface area contributed by atoms with Gasteiger partial charge in [-0.3, -0.25) is 9.59 Å². The van der Waals surface area contributed by atoms with E-state index in [0.717, 1.165) is 0 Å². The van der Waals surface area contributed by atoms with Gasteiger partial charge in [0.1, 0.15) is 0 Å². The maximum atomic E-state index is 8.95. The van der Waals surface area contributed by atoms with Gasteiger partial charge in [0.15, 0.2) is 5.56 Å². The van der Waals surface area contributed by atoms with E-state index in [1.807, 2.05) is 6.92 Å². The smallest absolute Gasteiger partial charge is 0.300 e. The lowest BCUT2D eigenvalue weighted by Gasteiger charge is -1.65. The van der Waals surface area contributed by atoms with Crippen molar-refractivity contribution in [1.29, 1.82) is 0 Å². The molecule has 0 N–H and O–H groups in total. The molecule has 0 saturated carbocycles. The molecule has 2 atom stereocenters. The summed E-state index contributed by atoms with van der Waals surface area (Å²) in [7, 11) is 0. The van der Waals surface area contributed by atoms with Crippen molar-refractivity contribution < 1.29 is 19.1 Å². The summed E-state index contributed by atoms with van der Waals surface area (Å²) in [6, 6.07) is 0. The fraction of sp³-hybridized carbons (Fsp3) is 0.600. The molecule has 58 valence electrons. The maximum absolute atomic E-state index is 8.95. The van der Waals surface area contributed by atoms with Gasteiger partial charge in [-0.1, -0.05) is 11.6 Å². The Morgan fingerprint density at radius 1 is 1.50 bits per heavy atom. The SMILES string of the molecule is CC1OC1Cl.O=COC=O. The lowest BCUT2D eigenvalue weighted by Crippen LogP contribution is -1.77. The third kappa shape index (κ3) is 5.53. The van der Waals surface area contributed by atoms with Crippen molar-refractivity contribution in [2.24, 2.45) is 0 Å². The summed E-state index contributed by atoms with van der Waals surface area (Å²) >= 11 is 5.31. The first-order valence-electron chi connectivity index (χ1n) is 2.54. The number of carbonyl (C=O) groups excluding carboxylic acids is 2. The zero-order valence-electron chi connectivity index (χ0n) is 5.32. The highest BCUT2D eigenvalue weighted by Gasteiger charge is 2.30. The van der Waals surface area contributed by atoms with Crippen LogP contribution in [0.2, 0.25) is 0 Å². The van der Waals surface area contributed by atoms with E-state index in [4.69, 9.17) is 21.2 Å². The van der Waals surface area contributed by atoms with Gasteiger partial charge in [0.2, 0.25) is 0 Å². The van der Waals surface area contributed by atoms with Crippen LogP contribution in [0.5, 0.6) is 0 Å². The summed E-state index contributed by atoms with van der Waals surface area (Å²) in [4.78, 5) is 17.9. The Morgan fingerprint density at radius 2 is 1.80 bits per heavy atom. The molecule has 5 heteroatoms. The van der Waals surface area contributed by atoms with Crippen molar-refractivity contribution in [3.05, 3.63) is 0 Å². The number of rotatable bonds is 2. The summed E-state index contributed by atoms with van der Waals surface area (Å²) in [5, 5.41) is 0. The Morgan fingerprint density at radius 3 is 1.80 bits per heavy atom. The normalized spacial score (nSPS) is 27.4. The maximum Gasteiger partial charge on any atom is 0.300 e. The molecule has 1 aliphatic rings. The van der Waals surface area contributed by atoms with Gasteiger partial charge in [-0.2, -0.15) is 0 Å². The van der Waals surface area contributed by atoms with Crippen molar-refractivity contribution >= 4 is 24.5 Å². The van der Waals surface area contributed by atoms with Crippen LogP contribution in [0.3, 0.4) is 0 Å². The van der Waals surface area contributed by atoms with E-state index in [9.17, 15) is 0 Å². The van der Waals surface area contributed by atoms with Crippen LogP contribution in [0.4, 0.5) is 0 Å². The third-order valence-corrected chi connectivity index (χ3v) is 1.21. The van der Waals surface area contributed by atoms with Gasteiger partial charge in [0.05, 0.1) is 6.10 Å². The van der Waals surface area contributed by atoms with Gasteiger partial charge >= 0.3 is 12.9 Å². The molecule has 0 spiro atoms. The largest absolute Gasteiger partial charge is 0.398 e. The lowest BCUT2D eigenvalue weighted by atomic mass is 10.6. The highest BCUT2D eigenvalue weighted by Crippen LogP contribution is 2.23. The molecule has 2 unspecified atom stereocenters. The quantitative estimate of drug-likeness (QED) is 0.256. The van der Waals surface area contributed by atoms with Crippen molar-refractivity contribution in [3.8, 4) is 0 Å². The number of halogens is 1. The molecular formula is C5H7ClO4. The van der Waals surface area contributed by atoms with Crippen LogP contribution in [-0.4, -0.2) is 24.6 Å². The predicted octanol–water partition coefficient (Wildman–Crippen LogP) is 0.286. The molecule has 1 heterocycles. The zero-order chi connectivity index (χ0) is 7.98. The number of epoxide rings is 1. The van der Waals surface area contributed by atoms with Crippen LogP contribution in [-0.2, 0) is 19.1 Å². The minimum absolute atomic E-state index is 0.0231. The molecule has 1 fully saturated rings. The Bertz CT molecular complexity index is 104. The number of alkyl halides is 1. The molecule has 1 rings (SSSR count). The molecule has 0 aromatic rings. The second kappa shape index (κ2) is 5.20. The van der Waals surface area contributed by atoms with Gasteiger partial charge in [-0.25, -0.2) is 0 Å². The lowest BCUT2D eigenvalue weighted by molar-refractivity contribution is -0.141. The molecule has 0 radical (unpaired) electrons. The molecule has 10 heavy (non-hydrogen) atoms. The Labute approximate surface area is 63.1 Å². The molecule has 1 aliphatic heterocycles. The minimum atomic E-state index is 0.0231. The van der Waals surface area contributed by atoms with E-state index < -0.39 is 0 Å². The highest BCUT2D eigenvalue weighted by atomic mass is 35.5. The predicted molar refractivity (Wildman–Crippen MR) is 33.4 cm³/mol. The van der Waals surface area contributed by atoms with Crippen molar-refractivity contribution in [1.82, 2.24) is 0 Å². The van der Waals surface area contributed by atoms with Crippen molar-refractivity contribution in [3.63, 3.8) is 0 Å². The monoisotopic (exact) mass is 166 g/mol. The third-order valence-electron chi connectivity index (χ3n) is 0.748. The van der Waals surface area contributed by atoms with Gasteiger partial charge in [-0.15, -0.1) is 0 Å². The van der Waals surface area contributed by atoms with Crippen LogP contribution < -0.4 is 0 Å². The first-order chi connectivity index (χ1) is 4.72. The van der Waals surface area contributed by atoms with Crippen LogP contribution in [0, 0.1) is 0 Å². The summed E-state index contributed by atoms with van der Waals surface area (Å²) in [6.45, 7) is 2.07. The van der Waals surface area contributed by atoms with Crippen LogP contribution in [0.25, 0.3) is 0 Å². The molecular weight excluding hydrogens is 160 g/mol. The molecule has 0 aromatic carbocycles. The zero-order valence-corrected chi connectivity index (χ0v) is 6.08. The Kier molecular flexibility index (Phi) is 4.88. The van der Waals surface area contributed by atoms with Crippen molar-refractivity contribution in [2.75, 3.05) is 0 Å². The van der Waals surface area contributed by atoms with Gasteiger partial charge in [0, 0.05) is 0 Å².